The molecule has 0 aliphatic carbocycles. The third-order valence-electron chi connectivity index (χ3n) is 2.43. The molecule has 5 N–H and O–H groups in total. The predicted octanol–water partition coefficient (Wildman–Crippen LogP) is -2.47. The van der Waals surface area contributed by atoms with Crippen LogP contribution in [0.3, 0.4) is 0 Å². The number of ether oxygens (including phenoxy) is 2. The SMILES string of the molecule is CCOC(=O)N[C@@H]1O[C@H](CO)[C@H](O)[C@H](O)[C@@H]1O. The molecule has 0 aromatic rings. The van der Waals surface area contributed by atoms with Crippen LogP contribution in [0.4, 0.5) is 4.79 Å². The molecule has 8 nitrogen and oxygen atoms in total. The molecule has 8 heteroatoms. The highest BCUT2D eigenvalue weighted by Crippen LogP contribution is 2.19. The fourth-order valence-electron chi connectivity index (χ4n) is 1.51. The number of carbonyl (C=O) groups excluding carboxylic acids is 1. The minimum atomic E-state index is -1.52. The summed E-state index contributed by atoms with van der Waals surface area (Å²) < 4.78 is 9.60. The average Bonchev–Trinajstić information content (AvgIpc) is 2.30. The van der Waals surface area contributed by atoms with Gasteiger partial charge in [-0.25, -0.2) is 4.79 Å². The second-order valence-corrected chi connectivity index (χ2v) is 3.61. The molecule has 17 heavy (non-hydrogen) atoms. The number of amides is 1. The van der Waals surface area contributed by atoms with Crippen LogP contribution in [0.15, 0.2) is 0 Å². The van der Waals surface area contributed by atoms with Crippen LogP contribution in [0.5, 0.6) is 0 Å². The Labute approximate surface area is 97.8 Å². The molecule has 0 aromatic heterocycles. The van der Waals surface area contributed by atoms with E-state index in [1.165, 1.54) is 0 Å². The van der Waals surface area contributed by atoms with E-state index < -0.39 is 43.3 Å². The number of rotatable bonds is 3. The first-order chi connectivity index (χ1) is 8.01. The largest absolute Gasteiger partial charge is 0.450 e. The Balaban J connectivity index is 2.62. The lowest BCUT2D eigenvalue weighted by atomic mass is 9.98. The van der Waals surface area contributed by atoms with Crippen molar-refractivity contribution >= 4 is 6.09 Å². The quantitative estimate of drug-likeness (QED) is 0.376. The smallest absolute Gasteiger partial charge is 0.409 e. The predicted molar refractivity (Wildman–Crippen MR) is 53.9 cm³/mol. The summed E-state index contributed by atoms with van der Waals surface area (Å²) >= 11 is 0. The van der Waals surface area contributed by atoms with Gasteiger partial charge < -0.3 is 29.9 Å². The monoisotopic (exact) mass is 251 g/mol. The highest BCUT2D eigenvalue weighted by atomic mass is 16.6. The molecule has 1 rings (SSSR count). The average molecular weight is 251 g/mol. The van der Waals surface area contributed by atoms with E-state index in [-0.39, 0.29) is 6.61 Å². The van der Waals surface area contributed by atoms with Crippen molar-refractivity contribution in [1.82, 2.24) is 5.32 Å². The van der Waals surface area contributed by atoms with Crippen molar-refractivity contribution in [3.8, 4) is 0 Å². The first kappa shape index (κ1) is 14.1. The summed E-state index contributed by atoms with van der Waals surface area (Å²) in [5.41, 5.74) is 0. The molecule has 1 aliphatic rings. The normalized spacial score (nSPS) is 37.6. The first-order valence-electron chi connectivity index (χ1n) is 5.25. The van der Waals surface area contributed by atoms with Crippen molar-refractivity contribution in [2.45, 2.75) is 37.6 Å². The topological polar surface area (TPSA) is 128 Å². The van der Waals surface area contributed by atoms with Crippen LogP contribution in [0.2, 0.25) is 0 Å². The zero-order valence-corrected chi connectivity index (χ0v) is 9.31. The molecular weight excluding hydrogens is 234 g/mol. The molecule has 0 aromatic carbocycles. The van der Waals surface area contributed by atoms with Gasteiger partial charge in [0.05, 0.1) is 13.2 Å². The van der Waals surface area contributed by atoms with Crippen LogP contribution in [0, 0.1) is 0 Å². The van der Waals surface area contributed by atoms with E-state index in [4.69, 9.17) is 9.84 Å². The zero-order valence-electron chi connectivity index (χ0n) is 9.31. The molecule has 0 saturated carbocycles. The van der Waals surface area contributed by atoms with Gasteiger partial charge in [0.1, 0.15) is 24.4 Å². The minimum Gasteiger partial charge on any atom is -0.450 e. The van der Waals surface area contributed by atoms with Crippen molar-refractivity contribution in [3.63, 3.8) is 0 Å². The summed E-state index contributed by atoms with van der Waals surface area (Å²) in [7, 11) is 0. The Bertz CT molecular complexity index is 260. The summed E-state index contributed by atoms with van der Waals surface area (Å²) in [5.74, 6) is 0. The van der Waals surface area contributed by atoms with Crippen LogP contribution in [-0.4, -0.2) is 70.4 Å². The Kier molecular flexibility index (Phi) is 5.09. The molecule has 100 valence electrons. The number of alkyl carbamates (subject to hydrolysis) is 1. The van der Waals surface area contributed by atoms with Crippen molar-refractivity contribution in [1.29, 1.82) is 0 Å². The van der Waals surface area contributed by atoms with E-state index in [1.807, 2.05) is 0 Å². The van der Waals surface area contributed by atoms with E-state index in [9.17, 15) is 20.1 Å². The van der Waals surface area contributed by atoms with Gasteiger partial charge in [0.25, 0.3) is 0 Å². The van der Waals surface area contributed by atoms with E-state index in [0.717, 1.165) is 0 Å². The van der Waals surface area contributed by atoms with E-state index >= 15 is 0 Å². The van der Waals surface area contributed by atoms with Gasteiger partial charge in [-0.3, -0.25) is 5.32 Å². The maximum atomic E-state index is 11.1. The van der Waals surface area contributed by atoms with E-state index in [1.54, 1.807) is 6.92 Å². The molecule has 0 unspecified atom stereocenters. The first-order valence-corrected chi connectivity index (χ1v) is 5.25. The third-order valence-corrected chi connectivity index (χ3v) is 2.43. The van der Waals surface area contributed by atoms with Crippen LogP contribution in [0.1, 0.15) is 6.92 Å². The molecule has 1 fully saturated rings. The molecule has 5 atom stereocenters. The summed E-state index contributed by atoms with van der Waals surface area (Å²) in [6.45, 7) is 1.20. The summed E-state index contributed by atoms with van der Waals surface area (Å²) in [6.07, 6.45) is -7.60. The highest BCUT2D eigenvalue weighted by Gasteiger charge is 2.44. The Hall–Kier alpha value is -0.930. The van der Waals surface area contributed by atoms with Crippen LogP contribution in [0.25, 0.3) is 0 Å². The van der Waals surface area contributed by atoms with Gasteiger partial charge in [0.15, 0.2) is 6.23 Å². The number of hydrogen-bond acceptors (Lipinski definition) is 7. The van der Waals surface area contributed by atoms with Gasteiger partial charge in [0, 0.05) is 0 Å². The second-order valence-electron chi connectivity index (χ2n) is 3.61. The van der Waals surface area contributed by atoms with E-state index in [0.29, 0.717) is 0 Å². The maximum absolute atomic E-state index is 11.1. The van der Waals surface area contributed by atoms with Crippen molar-refractivity contribution in [2.75, 3.05) is 13.2 Å². The maximum Gasteiger partial charge on any atom is 0.409 e. The number of nitrogens with one attached hydrogen (secondary N) is 1. The van der Waals surface area contributed by atoms with Crippen molar-refractivity contribution in [3.05, 3.63) is 0 Å². The summed E-state index contributed by atoms with van der Waals surface area (Å²) in [5, 5.41) is 39.5. The standard InChI is InChI=1S/C9H17NO7/c1-2-16-9(15)10-8-7(14)6(13)5(12)4(3-11)17-8/h4-8,11-14H,2-3H2,1H3,(H,10,15)/t4-,5+,6+,7+,8-/m1/s1. The molecule has 0 bridgehead atoms. The van der Waals surface area contributed by atoms with Gasteiger partial charge in [-0.2, -0.15) is 0 Å². The van der Waals surface area contributed by atoms with Crippen molar-refractivity contribution in [2.24, 2.45) is 0 Å². The van der Waals surface area contributed by atoms with Crippen LogP contribution >= 0.6 is 0 Å². The van der Waals surface area contributed by atoms with Crippen LogP contribution < -0.4 is 5.32 Å². The van der Waals surface area contributed by atoms with Crippen LogP contribution in [-0.2, 0) is 9.47 Å². The lowest BCUT2D eigenvalue weighted by Gasteiger charge is -2.39. The summed E-state index contributed by atoms with van der Waals surface area (Å²) in [4.78, 5) is 11.1. The minimum absolute atomic E-state index is 0.142. The number of carbonyl (C=O) groups is 1. The lowest BCUT2D eigenvalue weighted by Crippen LogP contribution is -2.63. The molecule has 1 amide bonds. The Morgan fingerprint density at radius 2 is 1.94 bits per heavy atom. The molecule has 1 heterocycles. The number of aliphatic hydroxyl groups excluding tert-OH is 4. The molecule has 0 spiro atoms. The summed E-state index contributed by atoms with van der Waals surface area (Å²) in [6, 6.07) is 0. The van der Waals surface area contributed by atoms with Gasteiger partial charge in [-0.05, 0) is 6.92 Å². The highest BCUT2D eigenvalue weighted by molar-refractivity contribution is 5.67. The second kappa shape index (κ2) is 6.12. The van der Waals surface area contributed by atoms with Gasteiger partial charge >= 0.3 is 6.09 Å². The number of aliphatic hydroxyl groups is 4. The number of hydrogen-bond donors (Lipinski definition) is 5. The Morgan fingerprint density at radius 1 is 1.29 bits per heavy atom. The Morgan fingerprint density at radius 3 is 2.47 bits per heavy atom. The van der Waals surface area contributed by atoms with Crippen molar-refractivity contribution < 1.29 is 34.7 Å². The molecule has 0 radical (unpaired) electrons. The lowest BCUT2D eigenvalue weighted by molar-refractivity contribution is -0.234. The fourth-order valence-corrected chi connectivity index (χ4v) is 1.51. The molecule has 1 aliphatic heterocycles. The van der Waals surface area contributed by atoms with Gasteiger partial charge in [-0.1, -0.05) is 0 Å². The van der Waals surface area contributed by atoms with Gasteiger partial charge in [-0.15, -0.1) is 0 Å². The molecular formula is C9H17NO7. The molecule has 1 saturated heterocycles. The fraction of sp³-hybridized carbons (Fsp3) is 0.889. The third kappa shape index (κ3) is 3.27. The van der Waals surface area contributed by atoms with Gasteiger partial charge in [0.2, 0.25) is 0 Å². The zero-order chi connectivity index (χ0) is 13.0. The van der Waals surface area contributed by atoms with E-state index in [2.05, 4.69) is 10.1 Å².